The van der Waals surface area contributed by atoms with Crippen LogP contribution in [0, 0.1) is 5.92 Å². The van der Waals surface area contributed by atoms with Gasteiger partial charge in [0.25, 0.3) is 0 Å². The number of esters is 1. The standard InChI is InChI=1S/C19H28O4/c1-15(20)23-19(17-11-7-4-8-12-17)18(21-2)14-22-13-16-9-5-3-6-10-16/h3,5-6,9-10,17-19H,4,7-8,11-14H2,1-2H3/t18-,19+/m0/s1. The second kappa shape index (κ2) is 9.68. The molecule has 1 aromatic carbocycles. The van der Waals surface area contributed by atoms with Crippen molar-refractivity contribution in [2.45, 2.75) is 57.8 Å². The van der Waals surface area contributed by atoms with E-state index in [2.05, 4.69) is 0 Å². The van der Waals surface area contributed by atoms with Gasteiger partial charge in [-0.15, -0.1) is 0 Å². The van der Waals surface area contributed by atoms with Gasteiger partial charge in [0.1, 0.15) is 12.2 Å². The van der Waals surface area contributed by atoms with Gasteiger partial charge in [0, 0.05) is 14.0 Å². The van der Waals surface area contributed by atoms with E-state index in [1.807, 2.05) is 30.3 Å². The summed E-state index contributed by atoms with van der Waals surface area (Å²) in [6, 6.07) is 10.0. The highest BCUT2D eigenvalue weighted by Crippen LogP contribution is 2.30. The van der Waals surface area contributed by atoms with Gasteiger partial charge >= 0.3 is 5.97 Å². The molecule has 1 fully saturated rings. The minimum atomic E-state index is -0.245. The second-order valence-electron chi connectivity index (χ2n) is 6.25. The molecule has 0 aromatic heterocycles. The predicted octanol–water partition coefficient (Wildman–Crippen LogP) is 3.73. The van der Waals surface area contributed by atoms with Crippen molar-refractivity contribution >= 4 is 5.97 Å². The lowest BCUT2D eigenvalue weighted by Gasteiger charge is -2.34. The zero-order valence-corrected chi connectivity index (χ0v) is 14.2. The van der Waals surface area contributed by atoms with E-state index in [-0.39, 0.29) is 18.2 Å². The minimum Gasteiger partial charge on any atom is -0.459 e. The number of carbonyl (C=O) groups is 1. The van der Waals surface area contributed by atoms with E-state index < -0.39 is 0 Å². The van der Waals surface area contributed by atoms with Crippen molar-refractivity contribution in [1.29, 1.82) is 0 Å². The topological polar surface area (TPSA) is 44.8 Å². The summed E-state index contributed by atoms with van der Waals surface area (Å²) in [4.78, 5) is 11.5. The fraction of sp³-hybridized carbons (Fsp3) is 0.632. The summed E-state index contributed by atoms with van der Waals surface area (Å²) in [5.74, 6) is 0.128. The average Bonchev–Trinajstić information content (AvgIpc) is 2.58. The maximum absolute atomic E-state index is 11.5. The highest BCUT2D eigenvalue weighted by Gasteiger charge is 2.33. The van der Waals surface area contributed by atoms with Gasteiger partial charge in [-0.25, -0.2) is 0 Å². The molecule has 1 saturated carbocycles. The van der Waals surface area contributed by atoms with Gasteiger partial charge in [-0.2, -0.15) is 0 Å². The molecule has 0 amide bonds. The summed E-state index contributed by atoms with van der Waals surface area (Å²) in [6.07, 6.45) is 5.42. The normalized spacial score (nSPS) is 18.3. The number of ether oxygens (including phenoxy) is 3. The van der Waals surface area contributed by atoms with Crippen molar-refractivity contribution in [3.63, 3.8) is 0 Å². The van der Waals surface area contributed by atoms with Gasteiger partial charge in [-0.05, 0) is 24.3 Å². The average molecular weight is 320 g/mol. The van der Waals surface area contributed by atoms with Gasteiger partial charge in [0.2, 0.25) is 0 Å². The van der Waals surface area contributed by atoms with Crippen LogP contribution < -0.4 is 0 Å². The maximum atomic E-state index is 11.5. The van der Waals surface area contributed by atoms with Crippen LogP contribution in [0.1, 0.15) is 44.6 Å². The Morgan fingerprint density at radius 3 is 2.48 bits per heavy atom. The van der Waals surface area contributed by atoms with E-state index in [4.69, 9.17) is 14.2 Å². The van der Waals surface area contributed by atoms with Gasteiger partial charge < -0.3 is 14.2 Å². The van der Waals surface area contributed by atoms with Crippen molar-refractivity contribution in [3.05, 3.63) is 35.9 Å². The molecule has 128 valence electrons. The Morgan fingerprint density at radius 1 is 1.17 bits per heavy atom. The Balaban J connectivity index is 1.91. The summed E-state index contributed by atoms with van der Waals surface area (Å²) in [6.45, 7) is 2.44. The Hall–Kier alpha value is -1.39. The second-order valence-corrected chi connectivity index (χ2v) is 6.25. The molecule has 0 heterocycles. The molecule has 4 heteroatoms. The number of rotatable bonds is 8. The number of hydrogen-bond acceptors (Lipinski definition) is 4. The summed E-state index contributed by atoms with van der Waals surface area (Å²) < 4.78 is 17.0. The highest BCUT2D eigenvalue weighted by molar-refractivity contribution is 5.66. The largest absolute Gasteiger partial charge is 0.459 e. The van der Waals surface area contributed by atoms with Gasteiger partial charge in [0.05, 0.1) is 13.2 Å². The summed E-state index contributed by atoms with van der Waals surface area (Å²) >= 11 is 0. The quantitative estimate of drug-likeness (QED) is 0.685. The molecule has 0 radical (unpaired) electrons. The molecule has 0 unspecified atom stereocenters. The lowest BCUT2D eigenvalue weighted by atomic mass is 9.83. The molecule has 4 nitrogen and oxygen atoms in total. The Morgan fingerprint density at radius 2 is 1.87 bits per heavy atom. The van der Waals surface area contributed by atoms with E-state index in [0.717, 1.165) is 18.4 Å². The number of benzene rings is 1. The maximum Gasteiger partial charge on any atom is 0.303 e. The van der Waals surface area contributed by atoms with Gasteiger partial charge in [-0.1, -0.05) is 49.6 Å². The molecular formula is C19H28O4. The van der Waals surface area contributed by atoms with Crippen LogP contribution in [-0.4, -0.2) is 31.9 Å². The van der Waals surface area contributed by atoms with Crippen LogP contribution in [0.25, 0.3) is 0 Å². The van der Waals surface area contributed by atoms with Crippen LogP contribution in [0.3, 0.4) is 0 Å². The Bertz CT molecular complexity index is 454. The number of methoxy groups -OCH3 is 1. The molecule has 0 spiro atoms. The Labute approximate surface area is 139 Å². The molecule has 23 heavy (non-hydrogen) atoms. The third-order valence-electron chi connectivity index (χ3n) is 4.48. The Kier molecular flexibility index (Phi) is 7.56. The lowest BCUT2D eigenvalue weighted by Crippen LogP contribution is -2.42. The molecule has 1 aromatic rings. The van der Waals surface area contributed by atoms with E-state index in [1.165, 1.54) is 26.2 Å². The molecule has 0 aliphatic heterocycles. The predicted molar refractivity (Wildman–Crippen MR) is 89.0 cm³/mol. The SMILES string of the molecule is CO[C@@H](COCc1ccccc1)[C@H](OC(C)=O)C1CCCCC1. The molecule has 1 aliphatic rings. The van der Waals surface area contributed by atoms with Crippen molar-refractivity contribution in [2.75, 3.05) is 13.7 Å². The first-order valence-electron chi connectivity index (χ1n) is 8.52. The molecule has 0 N–H and O–H groups in total. The fourth-order valence-electron chi connectivity index (χ4n) is 3.29. The van der Waals surface area contributed by atoms with Gasteiger partial charge in [0.15, 0.2) is 0 Å². The van der Waals surface area contributed by atoms with E-state index in [1.54, 1.807) is 7.11 Å². The van der Waals surface area contributed by atoms with Crippen molar-refractivity contribution in [1.82, 2.24) is 0 Å². The van der Waals surface area contributed by atoms with E-state index >= 15 is 0 Å². The molecular weight excluding hydrogens is 292 g/mol. The monoisotopic (exact) mass is 320 g/mol. The van der Waals surface area contributed by atoms with Crippen LogP contribution >= 0.6 is 0 Å². The third-order valence-corrected chi connectivity index (χ3v) is 4.48. The minimum absolute atomic E-state index is 0.214. The highest BCUT2D eigenvalue weighted by atomic mass is 16.6. The molecule has 2 atom stereocenters. The van der Waals surface area contributed by atoms with Gasteiger partial charge in [-0.3, -0.25) is 4.79 Å². The molecule has 0 saturated heterocycles. The van der Waals surface area contributed by atoms with Crippen molar-refractivity contribution < 1.29 is 19.0 Å². The van der Waals surface area contributed by atoms with Crippen LogP contribution in [0.5, 0.6) is 0 Å². The zero-order chi connectivity index (χ0) is 16.5. The molecule has 1 aliphatic carbocycles. The van der Waals surface area contributed by atoms with Crippen LogP contribution in [0.4, 0.5) is 0 Å². The smallest absolute Gasteiger partial charge is 0.303 e. The molecule has 2 rings (SSSR count). The summed E-state index contributed by atoms with van der Waals surface area (Å²) in [5.41, 5.74) is 1.13. The first-order valence-corrected chi connectivity index (χ1v) is 8.52. The molecule has 0 bridgehead atoms. The fourth-order valence-corrected chi connectivity index (χ4v) is 3.29. The number of carbonyl (C=O) groups excluding carboxylic acids is 1. The number of hydrogen-bond donors (Lipinski definition) is 0. The summed E-state index contributed by atoms with van der Waals surface area (Å²) in [7, 11) is 1.66. The van der Waals surface area contributed by atoms with Crippen LogP contribution in [-0.2, 0) is 25.6 Å². The lowest BCUT2D eigenvalue weighted by molar-refractivity contribution is -0.164. The van der Waals surface area contributed by atoms with Crippen molar-refractivity contribution in [2.24, 2.45) is 5.92 Å². The van der Waals surface area contributed by atoms with Crippen molar-refractivity contribution in [3.8, 4) is 0 Å². The van der Waals surface area contributed by atoms with E-state index in [9.17, 15) is 4.79 Å². The van der Waals surface area contributed by atoms with Crippen LogP contribution in [0.2, 0.25) is 0 Å². The van der Waals surface area contributed by atoms with Crippen LogP contribution in [0.15, 0.2) is 30.3 Å². The first-order chi connectivity index (χ1) is 11.2. The van der Waals surface area contributed by atoms with E-state index in [0.29, 0.717) is 19.1 Å². The zero-order valence-electron chi connectivity index (χ0n) is 14.2. The third kappa shape index (κ3) is 5.96. The summed E-state index contributed by atoms with van der Waals surface area (Å²) in [5, 5.41) is 0. The first kappa shape index (κ1) is 18.0.